The molecule has 81 heavy (non-hydrogen) atoms. The number of fused-ring (bicyclic) bond motifs is 16. The van der Waals surface area contributed by atoms with E-state index < -0.39 is 5.41 Å². The van der Waals surface area contributed by atoms with Gasteiger partial charge in [0.2, 0.25) is 0 Å². The molecule has 0 fully saturated rings. The van der Waals surface area contributed by atoms with Crippen molar-refractivity contribution in [2.75, 3.05) is 9.80 Å². The summed E-state index contributed by atoms with van der Waals surface area (Å²) < 4.78 is 0. The van der Waals surface area contributed by atoms with Crippen LogP contribution in [0, 0.1) is 0 Å². The first-order valence-corrected chi connectivity index (χ1v) is 28.6. The van der Waals surface area contributed by atoms with E-state index in [9.17, 15) is 0 Å². The van der Waals surface area contributed by atoms with Crippen molar-refractivity contribution in [2.45, 2.75) is 43.9 Å². The summed E-state index contributed by atoms with van der Waals surface area (Å²) in [4.78, 5) is 5.12. The van der Waals surface area contributed by atoms with Gasteiger partial charge in [-0.1, -0.05) is 246 Å². The van der Waals surface area contributed by atoms with Crippen molar-refractivity contribution in [1.82, 2.24) is 0 Å². The third kappa shape index (κ3) is 6.80. The number of benzene rings is 12. The van der Waals surface area contributed by atoms with Gasteiger partial charge in [0, 0.05) is 44.8 Å². The number of rotatable bonds is 8. The van der Waals surface area contributed by atoms with Gasteiger partial charge in [0.05, 0.1) is 11.1 Å². The Morgan fingerprint density at radius 3 is 1.01 bits per heavy atom. The van der Waals surface area contributed by atoms with Crippen LogP contribution in [0.15, 0.2) is 279 Å². The van der Waals surface area contributed by atoms with Crippen LogP contribution in [-0.2, 0) is 16.2 Å². The quantitative estimate of drug-likeness (QED) is 0.150. The molecule has 0 amide bonds. The molecule has 0 radical (unpaired) electrons. The lowest BCUT2D eigenvalue weighted by Gasteiger charge is -2.35. The molecule has 0 saturated carbocycles. The average molecular weight is 1040 g/mol. The second-order valence-corrected chi connectivity index (χ2v) is 23.6. The van der Waals surface area contributed by atoms with E-state index in [0.717, 1.165) is 34.1 Å². The van der Waals surface area contributed by atoms with Gasteiger partial charge in [0.1, 0.15) is 0 Å². The maximum Gasteiger partial charge on any atom is 0.0727 e. The maximum atomic E-state index is 2.58. The zero-order valence-corrected chi connectivity index (χ0v) is 46.0. The predicted molar refractivity (Wildman–Crippen MR) is 338 cm³/mol. The fraction of sp³-hybridized carbons (Fsp3) is 0.0886. The van der Waals surface area contributed by atoms with Crippen molar-refractivity contribution in [2.24, 2.45) is 0 Å². The van der Waals surface area contributed by atoms with Crippen LogP contribution in [0.5, 0.6) is 0 Å². The highest BCUT2D eigenvalue weighted by Crippen LogP contribution is 2.66. The van der Waals surface area contributed by atoms with Gasteiger partial charge in [-0.05, 0) is 166 Å². The summed E-state index contributed by atoms with van der Waals surface area (Å²) in [5.41, 5.74) is 31.2. The SMILES string of the molecule is CC1(C)c2ccccc2-c2ccc(N(c3ccc(-c4ccccc4)cc3)c3cc(N(c4ccc(-c5ccccc5)cc4)c4ccc5c(c4)C(C)(C)c4ccccc4-5)c4c(c3)C3(c5ccccc5-c5ccccc53)c3ccccc3-4)cc21. The molecular formula is C79H58N2. The van der Waals surface area contributed by atoms with Gasteiger partial charge in [0.15, 0.2) is 0 Å². The molecule has 4 aliphatic rings. The molecule has 4 aliphatic carbocycles. The fourth-order valence-electron chi connectivity index (χ4n) is 14.9. The topological polar surface area (TPSA) is 6.48 Å². The van der Waals surface area contributed by atoms with Crippen LogP contribution in [0.2, 0.25) is 0 Å². The first kappa shape index (κ1) is 47.3. The summed E-state index contributed by atoms with van der Waals surface area (Å²) in [6.07, 6.45) is 0. The van der Waals surface area contributed by atoms with Crippen molar-refractivity contribution in [1.29, 1.82) is 0 Å². The Morgan fingerprint density at radius 2 is 0.543 bits per heavy atom. The highest BCUT2D eigenvalue weighted by atomic mass is 15.2. The van der Waals surface area contributed by atoms with E-state index in [1.165, 1.54) is 111 Å². The van der Waals surface area contributed by atoms with Gasteiger partial charge in [0.25, 0.3) is 0 Å². The molecule has 0 heterocycles. The van der Waals surface area contributed by atoms with Crippen molar-refractivity contribution in [3.63, 3.8) is 0 Å². The number of hydrogen-bond acceptors (Lipinski definition) is 2. The van der Waals surface area contributed by atoms with Gasteiger partial charge in [-0.2, -0.15) is 0 Å². The molecule has 384 valence electrons. The van der Waals surface area contributed by atoms with Crippen molar-refractivity contribution < 1.29 is 0 Å². The van der Waals surface area contributed by atoms with E-state index in [0.29, 0.717) is 0 Å². The van der Waals surface area contributed by atoms with E-state index in [4.69, 9.17) is 0 Å². The minimum atomic E-state index is -0.626. The molecule has 0 aromatic heterocycles. The van der Waals surface area contributed by atoms with Crippen LogP contribution < -0.4 is 9.80 Å². The Labute approximate surface area is 475 Å². The molecule has 0 bridgehead atoms. The lowest BCUT2D eigenvalue weighted by molar-refractivity contribution is 0.660. The molecule has 0 unspecified atom stereocenters. The fourth-order valence-corrected chi connectivity index (χ4v) is 14.9. The largest absolute Gasteiger partial charge is 0.310 e. The van der Waals surface area contributed by atoms with Crippen LogP contribution in [-0.4, -0.2) is 0 Å². The van der Waals surface area contributed by atoms with Crippen LogP contribution >= 0.6 is 0 Å². The van der Waals surface area contributed by atoms with Crippen molar-refractivity contribution in [3.8, 4) is 66.8 Å². The highest BCUT2D eigenvalue weighted by Gasteiger charge is 2.53. The number of anilines is 6. The van der Waals surface area contributed by atoms with Crippen molar-refractivity contribution >= 4 is 34.1 Å². The zero-order chi connectivity index (χ0) is 54.2. The Bertz CT molecular complexity index is 4460. The molecule has 0 aliphatic heterocycles. The first-order chi connectivity index (χ1) is 39.7. The van der Waals surface area contributed by atoms with E-state index >= 15 is 0 Å². The minimum Gasteiger partial charge on any atom is -0.310 e. The van der Waals surface area contributed by atoms with E-state index in [1.54, 1.807) is 0 Å². The summed E-state index contributed by atoms with van der Waals surface area (Å²) in [6.45, 7) is 9.57. The van der Waals surface area contributed by atoms with Crippen LogP contribution in [0.1, 0.15) is 72.2 Å². The van der Waals surface area contributed by atoms with Gasteiger partial charge in [-0.15, -0.1) is 0 Å². The van der Waals surface area contributed by atoms with E-state index in [-0.39, 0.29) is 10.8 Å². The van der Waals surface area contributed by atoms with Gasteiger partial charge in [-0.25, -0.2) is 0 Å². The summed E-state index contributed by atoms with van der Waals surface area (Å²) in [5.74, 6) is 0. The van der Waals surface area contributed by atoms with Crippen LogP contribution in [0.4, 0.5) is 34.1 Å². The number of nitrogens with zero attached hydrogens (tertiary/aromatic N) is 2. The molecule has 1 spiro atoms. The minimum absolute atomic E-state index is 0.208. The molecule has 2 nitrogen and oxygen atoms in total. The van der Waals surface area contributed by atoms with Crippen LogP contribution in [0.3, 0.4) is 0 Å². The third-order valence-corrected chi connectivity index (χ3v) is 18.7. The molecular weight excluding hydrogens is 977 g/mol. The van der Waals surface area contributed by atoms with Crippen LogP contribution in [0.25, 0.3) is 66.8 Å². The average Bonchev–Trinajstić information content (AvgIpc) is 4.30. The molecule has 2 heteroatoms. The summed E-state index contributed by atoms with van der Waals surface area (Å²) in [7, 11) is 0. The number of hydrogen-bond donors (Lipinski definition) is 0. The summed E-state index contributed by atoms with van der Waals surface area (Å²) in [6, 6.07) is 105. The summed E-state index contributed by atoms with van der Waals surface area (Å²) in [5, 5.41) is 0. The molecule has 12 aromatic carbocycles. The maximum absolute atomic E-state index is 2.58. The highest BCUT2D eigenvalue weighted by molar-refractivity contribution is 6.04. The van der Waals surface area contributed by atoms with E-state index in [1.807, 2.05) is 0 Å². The van der Waals surface area contributed by atoms with Gasteiger partial charge < -0.3 is 9.80 Å². The molecule has 16 rings (SSSR count). The molecule has 0 atom stereocenters. The Hall–Kier alpha value is -9.76. The smallest absolute Gasteiger partial charge is 0.0727 e. The molecule has 0 saturated heterocycles. The second kappa shape index (κ2) is 17.6. The lowest BCUT2D eigenvalue weighted by Crippen LogP contribution is -2.26. The van der Waals surface area contributed by atoms with E-state index in [2.05, 4.69) is 317 Å². The monoisotopic (exact) mass is 1030 g/mol. The normalized spacial score (nSPS) is 14.5. The van der Waals surface area contributed by atoms with Gasteiger partial charge >= 0.3 is 0 Å². The molecule has 12 aromatic rings. The zero-order valence-electron chi connectivity index (χ0n) is 46.0. The molecule has 0 N–H and O–H groups in total. The standard InChI is InChI=1S/C79H58N2/c1-77(2)67-30-16-11-25-60(67)64-45-43-57(47-72(64)77)80(55-39-35-53(36-40-55)51-21-7-5-8-22-51)59-49-74-76(66-29-15-20-34-71(66)79(74)69-32-18-13-27-62(69)63-28-14-19-33-70(63)79)75(50-59)81(56-41-37-54(38-42-56)52-23-9-6-10-24-52)58-44-46-65-61-26-12-17-31-68(61)78(3,4)73(65)48-58/h5-50H,1-4H3. The first-order valence-electron chi connectivity index (χ1n) is 28.6. The lowest BCUT2D eigenvalue weighted by atomic mass is 9.70. The Kier molecular flexibility index (Phi) is 10.3. The Balaban J connectivity index is 1.02. The third-order valence-electron chi connectivity index (χ3n) is 18.7. The van der Waals surface area contributed by atoms with Gasteiger partial charge in [-0.3, -0.25) is 0 Å². The predicted octanol–water partition coefficient (Wildman–Crippen LogP) is 20.9. The van der Waals surface area contributed by atoms with Crippen molar-refractivity contribution in [3.05, 3.63) is 324 Å². The second-order valence-electron chi connectivity index (χ2n) is 23.6. The Morgan fingerprint density at radius 1 is 0.222 bits per heavy atom. The summed E-state index contributed by atoms with van der Waals surface area (Å²) >= 11 is 0.